The zero-order valence-corrected chi connectivity index (χ0v) is 9.94. The van der Waals surface area contributed by atoms with E-state index >= 15 is 0 Å². The van der Waals surface area contributed by atoms with Crippen molar-refractivity contribution in [2.75, 3.05) is 13.2 Å². The van der Waals surface area contributed by atoms with Crippen molar-refractivity contribution in [1.29, 1.82) is 0 Å². The Morgan fingerprint density at radius 2 is 1.89 bits per heavy atom. The molecular formula is C10H18O9. The molecule has 9 heteroatoms. The van der Waals surface area contributed by atoms with Gasteiger partial charge in [-0.1, -0.05) is 0 Å². The average Bonchev–Trinajstić information content (AvgIpc) is 2.42. The first-order chi connectivity index (χ1) is 8.92. The van der Waals surface area contributed by atoms with Gasteiger partial charge in [0.15, 0.2) is 12.6 Å². The third-order valence-electron chi connectivity index (χ3n) is 2.80. The molecule has 0 aromatic heterocycles. The Hall–Kier alpha value is -0.650. The lowest BCUT2D eigenvalue weighted by molar-refractivity contribution is -0.287. The molecule has 0 spiro atoms. The van der Waals surface area contributed by atoms with Gasteiger partial charge in [-0.15, -0.1) is 0 Å². The number of aliphatic hydroxyl groups excluding tert-OH is 6. The highest BCUT2D eigenvalue weighted by Gasteiger charge is 2.41. The van der Waals surface area contributed by atoms with Crippen LogP contribution in [0.25, 0.3) is 0 Å². The minimum atomic E-state index is -1.72. The predicted molar refractivity (Wildman–Crippen MR) is 57.8 cm³/mol. The minimum Gasteiger partial charge on any atom is -0.394 e. The van der Waals surface area contributed by atoms with E-state index in [-0.39, 0.29) is 12.9 Å². The topological polar surface area (TPSA) is 157 Å². The molecule has 0 aromatic carbocycles. The lowest BCUT2D eigenvalue weighted by Crippen LogP contribution is -2.56. The number of carbonyl (C=O) groups is 1. The van der Waals surface area contributed by atoms with E-state index in [4.69, 9.17) is 14.6 Å². The SMILES string of the molecule is O=C[C@H](O[C@H]1OC[C@@H](O)[C@H](O)[C@H]1O)[C@@H](O)[C@H](O)CO. The van der Waals surface area contributed by atoms with Crippen molar-refractivity contribution in [3.05, 3.63) is 0 Å². The Morgan fingerprint density at radius 1 is 1.26 bits per heavy atom. The molecule has 9 nitrogen and oxygen atoms in total. The molecule has 1 aliphatic heterocycles. The molecule has 0 unspecified atom stereocenters. The fourth-order valence-corrected chi connectivity index (χ4v) is 1.57. The minimum absolute atomic E-state index is 0.164. The lowest BCUT2D eigenvalue weighted by atomic mass is 10.0. The van der Waals surface area contributed by atoms with Crippen LogP contribution >= 0.6 is 0 Å². The molecule has 1 saturated heterocycles. The summed E-state index contributed by atoms with van der Waals surface area (Å²) in [6.45, 7) is -1.11. The quantitative estimate of drug-likeness (QED) is 0.265. The molecule has 0 saturated carbocycles. The number of hydrogen-bond donors (Lipinski definition) is 6. The van der Waals surface area contributed by atoms with Crippen LogP contribution in [0.15, 0.2) is 0 Å². The van der Waals surface area contributed by atoms with Gasteiger partial charge in [0.2, 0.25) is 0 Å². The zero-order chi connectivity index (χ0) is 14.6. The maximum atomic E-state index is 10.8. The third kappa shape index (κ3) is 3.91. The Morgan fingerprint density at radius 3 is 2.42 bits per heavy atom. The summed E-state index contributed by atoms with van der Waals surface area (Å²) in [6, 6.07) is 0. The van der Waals surface area contributed by atoms with Crippen LogP contribution in [0.2, 0.25) is 0 Å². The van der Waals surface area contributed by atoms with Crippen molar-refractivity contribution in [3.63, 3.8) is 0 Å². The smallest absolute Gasteiger partial charge is 0.187 e. The van der Waals surface area contributed by atoms with Crippen LogP contribution in [0, 0.1) is 0 Å². The Balaban J connectivity index is 2.63. The molecule has 1 heterocycles. The largest absolute Gasteiger partial charge is 0.394 e. The summed E-state index contributed by atoms with van der Waals surface area (Å²) in [5.41, 5.74) is 0. The van der Waals surface area contributed by atoms with E-state index in [0.29, 0.717) is 0 Å². The Labute approximate surface area is 108 Å². The van der Waals surface area contributed by atoms with Crippen molar-refractivity contribution in [2.24, 2.45) is 0 Å². The van der Waals surface area contributed by atoms with Gasteiger partial charge in [0, 0.05) is 0 Å². The summed E-state index contributed by atoms with van der Waals surface area (Å²) in [5, 5.41) is 55.5. The normalized spacial score (nSPS) is 36.5. The van der Waals surface area contributed by atoms with E-state index in [0.717, 1.165) is 0 Å². The Bertz CT molecular complexity index is 286. The van der Waals surface area contributed by atoms with Gasteiger partial charge in [0.1, 0.15) is 36.6 Å². The summed E-state index contributed by atoms with van der Waals surface area (Å²) in [4.78, 5) is 10.8. The van der Waals surface area contributed by atoms with Gasteiger partial charge in [-0.25, -0.2) is 0 Å². The van der Waals surface area contributed by atoms with Crippen LogP contribution in [-0.2, 0) is 14.3 Å². The number of ether oxygens (including phenoxy) is 2. The number of carbonyl (C=O) groups excluding carboxylic acids is 1. The van der Waals surface area contributed by atoms with E-state index in [9.17, 15) is 30.3 Å². The maximum absolute atomic E-state index is 10.8. The van der Waals surface area contributed by atoms with E-state index < -0.39 is 49.5 Å². The summed E-state index contributed by atoms with van der Waals surface area (Å²) in [6.07, 6.45) is -10.6. The second-order valence-electron chi connectivity index (χ2n) is 4.23. The molecule has 0 aliphatic carbocycles. The summed E-state index contributed by atoms with van der Waals surface area (Å²) >= 11 is 0. The fraction of sp³-hybridized carbons (Fsp3) is 0.900. The third-order valence-corrected chi connectivity index (χ3v) is 2.80. The molecule has 0 bridgehead atoms. The van der Waals surface area contributed by atoms with Gasteiger partial charge in [0.05, 0.1) is 13.2 Å². The number of rotatable bonds is 6. The molecule has 1 rings (SSSR count). The molecular weight excluding hydrogens is 264 g/mol. The van der Waals surface area contributed by atoms with Gasteiger partial charge < -0.3 is 44.9 Å². The number of aliphatic hydroxyl groups is 6. The summed E-state index contributed by atoms with van der Waals surface area (Å²) in [5.74, 6) is 0. The molecule has 0 aromatic rings. The van der Waals surface area contributed by atoms with Crippen LogP contribution in [-0.4, -0.2) is 93.1 Å². The zero-order valence-electron chi connectivity index (χ0n) is 9.94. The summed E-state index contributed by atoms with van der Waals surface area (Å²) in [7, 11) is 0. The van der Waals surface area contributed by atoms with Crippen LogP contribution in [0.3, 0.4) is 0 Å². The second-order valence-corrected chi connectivity index (χ2v) is 4.23. The highest BCUT2D eigenvalue weighted by atomic mass is 16.7. The van der Waals surface area contributed by atoms with Crippen molar-refractivity contribution in [1.82, 2.24) is 0 Å². The first-order valence-corrected chi connectivity index (χ1v) is 5.66. The average molecular weight is 282 g/mol. The molecule has 1 fully saturated rings. The van der Waals surface area contributed by atoms with E-state index in [2.05, 4.69) is 0 Å². The molecule has 19 heavy (non-hydrogen) atoms. The monoisotopic (exact) mass is 282 g/mol. The van der Waals surface area contributed by atoms with Gasteiger partial charge in [-0.3, -0.25) is 0 Å². The van der Waals surface area contributed by atoms with Gasteiger partial charge in [-0.2, -0.15) is 0 Å². The highest BCUT2D eigenvalue weighted by molar-refractivity contribution is 5.57. The number of hydrogen-bond acceptors (Lipinski definition) is 9. The fourth-order valence-electron chi connectivity index (χ4n) is 1.57. The standard InChI is InChI=1S/C10H18O9/c11-1-4(13)7(15)6(2-12)19-10-9(17)8(16)5(14)3-18-10/h2,4-11,13-17H,1,3H2/t4-,5-,6+,7+,8+,9-,10-/m1/s1. The summed E-state index contributed by atoms with van der Waals surface area (Å²) < 4.78 is 9.80. The molecule has 1 aliphatic rings. The van der Waals surface area contributed by atoms with Gasteiger partial charge in [-0.05, 0) is 0 Å². The van der Waals surface area contributed by atoms with Gasteiger partial charge >= 0.3 is 0 Å². The van der Waals surface area contributed by atoms with E-state index in [1.54, 1.807) is 0 Å². The molecule has 7 atom stereocenters. The Kier molecular flexibility index (Phi) is 6.23. The van der Waals surface area contributed by atoms with Gasteiger partial charge in [0.25, 0.3) is 0 Å². The second kappa shape index (κ2) is 7.22. The molecule has 0 radical (unpaired) electrons. The number of aldehydes is 1. The molecule has 0 amide bonds. The van der Waals surface area contributed by atoms with Crippen molar-refractivity contribution in [2.45, 2.75) is 42.9 Å². The van der Waals surface area contributed by atoms with Crippen LogP contribution in [0.1, 0.15) is 0 Å². The lowest BCUT2D eigenvalue weighted by Gasteiger charge is -2.36. The highest BCUT2D eigenvalue weighted by Crippen LogP contribution is 2.19. The molecule has 6 N–H and O–H groups in total. The van der Waals surface area contributed by atoms with Crippen molar-refractivity contribution in [3.8, 4) is 0 Å². The van der Waals surface area contributed by atoms with Crippen LogP contribution in [0.4, 0.5) is 0 Å². The van der Waals surface area contributed by atoms with E-state index in [1.165, 1.54) is 0 Å². The maximum Gasteiger partial charge on any atom is 0.187 e. The predicted octanol–water partition coefficient (Wildman–Crippen LogP) is -4.28. The first kappa shape index (κ1) is 16.4. The van der Waals surface area contributed by atoms with Crippen molar-refractivity contribution < 1.29 is 44.9 Å². The van der Waals surface area contributed by atoms with Crippen molar-refractivity contribution >= 4 is 6.29 Å². The molecule has 112 valence electrons. The van der Waals surface area contributed by atoms with Crippen LogP contribution in [0.5, 0.6) is 0 Å². The van der Waals surface area contributed by atoms with Crippen LogP contribution < -0.4 is 0 Å². The van der Waals surface area contributed by atoms with E-state index in [1.807, 2.05) is 0 Å². The first-order valence-electron chi connectivity index (χ1n) is 5.66.